The summed E-state index contributed by atoms with van der Waals surface area (Å²) in [6.45, 7) is 1.94. The minimum atomic E-state index is -0.501. The predicted octanol–water partition coefficient (Wildman–Crippen LogP) is 3.44. The summed E-state index contributed by atoms with van der Waals surface area (Å²) < 4.78 is 15.0. The maximum Gasteiger partial charge on any atom is 0.231 e. The van der Waals surface area contributed by atoms with Crippen LogP contribution >= 0.6 is 11.3 Å². The van der Waals surface area contributed by atoms with Crippen molar-refractivity contribution in [3.63, 3.8) is 0 Å². The molecular weight excluding hydrogens is 313 g/mol. The van der Waals surface area contributed by atoms with Gasteiger partial charge in [0.05, 0.1) is 17.2 Å². The minimum absolute atomic E-state index is 0.00652. The van der Waals surface area contributed by atoms with E-state index in [1.165, 1.54) is 12.1 Å². The zero-order chi connectivity index (χ0) is 16.0. The Morgan fingerprint density at radius 1 is 1.39 bits per heavy atom. The number of halogens is 1. The number of hydrogen-bond donors (Lipinski definition) is 1. The highest BCUT2D eigenvalue weighted by atomic mass is 32.1. The molecule has 1 fully saturated rings. The van der Waals surface area contributed by atoms with Gasteiger partial charge in [0.15, 0.2) is 4.96 Å². The summed E-state index contributed by atoms with van der Waals surface area (Å²) in [4.78, 5) is 18.2. The summed E-state index contributed by atoms with van der Waals surface area (Å²) in [5.41, 5.74) is 1.23. The molecule has 0 radical (unpaired) electrons. The zero-order valence-corrected chi connectivity index (χ0v) is 13.4. The maximum atomic E-state index is 13.1. The largest absolute Gasteiger partial charge is 0.347 e. The van der Waals surface area contributed by atoms with E-state index < -0.39 is 5.41 Å². The molecule has 1 atom stereocenters. The number of nitrogens with one attached hydrogen (secondary N) is 1. The standard InChI is InChI=1S/C17H16FN3OS/c1-11(14-10-21-8-9-23-16(21)20-14)19-15(22)17(6-7-17)12-2-4-13(18)5-3-12/h2-5,8-11H,6-7H2,1H3,(H,19,22)/t11-/m0/s1. The van der Waals surface area contributed by atoms with Crippen molar-refractivity contribution >= 4 is 22.2 Å². The van der Waals surface area contributed by atoms with Crippen LogP contribution in [0.1, 0.15) is 37.1 Å². The average Bonchev–Trinajstić information content (AvgIpc) is 3.06. The van der Waals surface area contributed by atoms with Crippen molar-refractivity contribution in [2.24, 2.45) is 0 Å². The summed E-state index contributed by atoms with van der Waals surface area (Å²) in [6.07, 6.45) is 5.49. The third kappa shape index (κ3) is 2.43. The Morgan fingerprint density at radius 2 is 2.13 bits per heavy atom. The van der Waals surface area contributed by atoms with Crippen molar-refractivity contribution in [3.05, 3.63) is 59.1 Å². The first-order chi connectivity index (χ1) is 11.1. The Labute approximate surface area is 137 Å². The summed E-state index contributed by atoms with van der Waals surface area (Å²) in [5.74, 6) is -0.288. The molecule has 0 bridgehead atoms. The molecule has 3 aromatic rings. The van der Waals surface area contributed by atoms with Crippen molar-refractivity contribution < 1.29 is 9.18 Å². The van der Waals surface area contributed by atoms with Gasteiger partial charge in [-0.3, -0.25) is 9.20 Å². The van der Waals surface area contributed by atoms with E-state index in [1.807, 2.05) is 29.1 Å². The molecule has 1 aliphatic carbocycles. The first kappa shape index (κ1) is 14.4. The van der Waals surface area contributed by atoms with Gasteiger partial charge in [0, 0.05) is 17.8 Å². The average molecular weight is 329 g/mol. The topological polar surface area (TPSA) is 46.4 Å². The maximum absolute atomic E-state index is 13.1. The Bertz CT molecular complexity index is 835. The summed E-state index contributed by atoms with van der Waals surface area (Å²) >= 11 is 1.56. The first-order valence-corrected chi connectivity index (χ1v) is 8.45. The van der Waals surface area contributed by atoms with E-state index in [1.54, 1.807) is 23.5 Å². The van der Waals surface area contributed by atoms with Crippen LogP contribution in [0.5, 0.6) is 0 Å². The highest BCUT2D eigenvalue weighted by Gasteiger charge is 2.51. The lowest BCUT2D eigenvalue weighted by atomic mass is 9.94. The zero-order valence-electron chi connectivity index (χ0n) is 12.6. The Kier molecular flexibility index (Phi) is 3.23. The van der Waals surface area contributed by atoms with Crippen LogP contribution in [0.4, 0.5) is 4.39 Å². The summed E-state index contributed by atoms with van der Waals surface area (Å²) in [7, 11) is 0. The molecular formula is C17H16FN3OS. The smallest absolute Gasteiger partial charge is 0.231 e. The third-order valence-corrected chi connectivity index (χ3v) is 5.26. The number of carbonyl (C=O) groups is 1. The van der Waals surface area contributed by atoms with Crippen LogP contribution in [0.15, 0.2) is 42.0 Å². The number of carbonyl (C=O) groups excluding carboxylic acids is 1. The molecule has 2 aromatic heterocycles. The molecule has 1 N–H and O–H groups in total. The molecule has 6 heteroatoms. The van der Waals surface area contributed by atoms with Crippen molar-refractivity contribution in [2.45, 2.75) is 31.2 Å². The summed E-state index contributed by atoms with van der Waals surface area (Å²) in [5, 5.41) is 5.03. The molecule has 2 heterocycles. The van der Waals surface area contributed by atoms with Crippen LogP contribution in [0.3, 0.4) is 0 Å². The second-order valence-corrected chi connectivity index (χ2v) is 6.92. The van der Waals surface area contributed by atoms with Crippen LogP contribution in [0.25, 0.3) is 4.96 Å². The second-order valence-electron chi connectivity index (χ2n) is 6.04. The number of amides is 1. The fraction of sp³-hybridized carbons (Fsp3) is 0.294. The van der Waals surface area contributed by atoms with Gasteiger partial charge >= 0.3 is 0 Å². The van der Waals surface area contributed by atoms with E-state index in [0.29, 0.717) is 0 Å². The van der Waals surface area contributed by atoms with E-state index in [-0.39, 0.29) is 17.8 Å². The second kappa shape index (κ2) is 5.16. The molecule has 0 saturated heterocycles. The van der Waals surface area contributed by atoms with E-state index in [0.717, 1.165) is 29.1 Å². The number of imidazole rings is 1. The number of nitrogens with zero attached hydrogens (tertiary/aromatic N) is 2. The normalized spacial score (nSPS) is 17.1. The minimum Gasteiger partial charge on any atom is -0.347 e. The van der Waals surface area contributed by atoms with Gasteiger partial charge < -0.3 is 5.32 Å². The molecule has 4 nitrogen and oxygen atoms in total. The van der Waals surface area contributed by atoms with Crippen LogP contribution in [0, 0.1) is 5.82 Å². The molecule has 1 aliphatic rings. The van der Waals surface area contributed by atoms with Gasteiger partial charge in [-0.1, -0.05) is 12.1 Å². The molecule has 0 spiro atoms. The van der Waals surface area contributed by atoms with Gasteiger partial charge in [-0.25, -0.2) is 9.37 Å². The molecule has 118 valence electrons. The lowest BCUT2D eigenvalue weighted by Gasteiger charge is -2.19. The highest BCUT2D eigenvalue weighted by Crippen LogP contribution is 2.48. The van der Waals surface area contributed by atoms with Crippen molar-refractivity contribution in [1.82, 2.24) is 14.7 Å². The lowest BCUT2D eigenvalue weighted by molar-refractivity contribution is -0.124. The Morgan fingerprint density at radius 3 is 2.78 bits per heavy atom. The SMILES string of the molecule is C[C@H](NC(=O)C1(c2ccc(F)cc2)CC1)c1cn2ccsc2n1. The van der Waals surface area contributed by atoms with Crippen LogP contribution in [-0.2, 0) is 10.2 Å². The van der Waals surface area contributed by atoms with Crippen molar-refractivity contribution in [3.8, 4) is 0 Å². The summed E-state index contributed by atoms with van der Waals surface area (Å²) in [6, 6.07) is 6.08. The van der Waals surface area contributed by atoms with E-state index in [9.17, 15) is 9.18 Å². The predicted molar refractivity (Wildman–Crippen MR) is 86.9 cm³/mol. The third-order valence-electron chi connectivity index (χ3n) is 4.48. The molecule has 4 rings (SSSR count). The van der Waals surface area contributed by atoms with Gasteiger partial charge in [-0.2, -0.15) is 0 Å². The lowest BCUT2D eigenvalue weighted by Crippen LogP contribution is -2.36. The van der Waals surface area contributed by atoms with Crippen LogP contribution in [-0.4, -0.2) is 15.3 Å². The number of fused-ring (bicyclic) bond motifs is 1. The molecule has 23 heavy (non-hydrogen) atoms. The number of rotatable bonds is 4. The van der Waals surface area contributed by atoms with Crippen molar-refractivity contribution in [1.29, 1.82) is 0 Å². The highest BCUT2D eigenvalue weighted by molar-refractivity contribution is 7.15. The molecule has 0 unspecified atom stereocenters. The first-order valence-electron chi connectivity index (χ1n) is 7.58. The molecule has 1 saturated carbocycles. The number of hydrogen-bond acceptors (Lipinski definition) is 3. The Hall–Kier alpha value is -2.21. The fourth-order valence-corrected chi connectivity index (χ4v) is 3.61. The Balaban J connectivity index is 1.52. The van der Waals surface area contributed by atoms with E-state index in [2.05, 4.69) is 10.3 Å². The van der Waals surface area contributed by atoms with Crippen molar-refractivity contribution in [2.75, 3.05) is 0 Å². The van der Waals surface area contributed by atoms with Gasteiger partial charge in [0.2, 0.25) is 5.91 Å². The monoisotopic (exact) mass is 329 g/mol. The molecule has 1 aromatic carbocycles. The van der Waals surface area contributed by atoms with Crippen LogP contribution in [0.2, 0.25) is 0 Å². The van der Waals surface area contributed by atoms with E-state index >= 15 is 0 Å². The fourth-order valence-electron chi connectivity index (χ4n) is 2.90. The van der Waals surface area contributed by atoms with Gasteiger partial charge in [-0.15, -0.1) is 11.3 Å². The van der Waals surface area contributed by atoms with E-state index in [4.69, 9.17) is 0 Å². The van der Waals surface area contributed by atoms with Gasteiger partial charge in [0.25, 0.3) is 0 Å². The number of aromatic nitrogens is 2. The number of benzene rings is 1. The van der Waals surface area contributed by atoms with Crippen LogP contribution < -0.4 is 5.32 Å². The number of thiazole rings is 1. The molecule has 1 amide bonds. The van der Waals surface area contributed by atoms with Gasteiger partial charge in [-0.05, 0) is 37.5 Å². The molecule has 0 aliphatic heterocycles. The van der Waals surface area contributed by atoms with Gasteiger partial charge in [0.1, 0.15) is 5.82 Å². The quantitative estimate of drug-likeness (QED) is 0.797.